The number of rotatable bonds is 6. The summed E-state index contributed by atoms with van der Waals surface area (Å²) < 4.78 is 9.80. The molecule has 0 unspecified atom stereocenters. The van der Waals surface area contributed by atoms with Gasteiger partial charge in [-0.2, -0.15) is 9.78 Å². The van der Waals surface area contributed by atoms with Gasteiger partial charge >= 0.3 is 12.3 Å². The molecule has 0 saturated carbocycles. The highest BCUT2D eigenvalue weighted by molar-refractivity contribution is 5.59. The fraction of sp³-hybridized carbons (Fsp3) is 0.867. The van der Waals surface area contributed by atoms with E-state index >= 15 is 0 Å². The molecule has 0 aromatic heterocycles. The normalized spacial score (nSPS) is 12.5. The second kappa shape index (κ2) is 8.35. The molecule has 0 rings (SSSR count). The Morgan fingerprint density at radius 1 is 0.652 bits per heavy atom. The van der Waals surface area contributed by atoms with Gasteiger partial charge in [-0.05, 0) is 41.5 Å². The molecule has 0 aliphatic carbocycles. The monoisotopic (exact) mass is 336 g/mol. The van der Waals surface area contributed by atoms with Gasteiger partial charge in [0.2, 0.25) is 0 Å². The molecule has 0 atom stereocenters. The summed E-state index contributed by atoms with van der Waals surface area (Å²) in [5.74, 6) is 0. The Kier molecular flexibility index (Phi) is 7.79. The van der Waals surface area contributed by atoms with Crippen LogP contribution in [0.1, 0.15) is 55.4 Å². The highest BCUT2D eigenvalue weighted by Crippen LogP contribution is 2.18. The zero-order valence-corrected chi connectivity index (χ0v) is 15.2. The second-order valence-electron chi connectivity index (χ2n) is 7.80. The molecular weight excluding hydrogens is 308 g/mol. The molecule has 8 nitrogen and oxygen atoms in total. The van der Waals surface area contributed by atoms with Crippen molar-refractivity contribution in [3.63, 3.8) is 0 Å². The summed E-state index contributed by atoms with van der Waals surface area (Å²) in [6.07, 6.45) is -1.93. The first-order valence-electron chi connectivity index (χ1n) is 7.25. The highest BCUT2D eigenvalue weighted by atomic mass is 17.2. The molecule has 0 aromatic carbocycles. The van der Waals surface area contributed by atoms with Crippen LogP contribution in [0.4, 0.5) is 9.59 Å². The zero-order chi connectivity index (χ0) is 18.3. The Balaban J connectivity index is 4.05. The van der Waals surface area contributed by atoms with Gasteiger partial charge in [-0.3, -0.25) is 9.78 Å². The Labute approximate surface area is 137 Å². The van der Waals surface area contributed by atoms with Gasteiger partial charge in [-0.1, -0.05) is 13.8 Å². The molecule has 0 bridgehead atoms. The third kappa shape index (κ3) is 13.8. The maximum atomic E-state index is 11.4. The zero-order valence-electron chi connectivity index (χ0n) is 15.2. The molecule has 0 saturated heterocycles. The van der Waals surface area contributed by atoms with Crippen LogP contribution in [0.2, 0.25) is 0 Å². The van der Waals surface area contributed by atoms with Crippen molar-refractivity contribution in [2.45, 2.75) is 66.6 Å². The van der Waals surface area contributed by atoms with E-state index < -0.39 is 28.9 Å². The molecule has 0 spiro atoms. The van der Waals surface area contributed by atoms with Crippen molar-refractivity contribution in [2.75, 3.05) is 13.2 Å². The van der Waals surface area contributed by atoms with Gasteiger partial charge in [0.05, 0.1) is 0 Å². The lowest BCUT2D eigenvalue weighted by atomic mass is 9.96. The van der Waals surface area contributed by atoms with Crippen LogP contribution in [0.3, 0.4) is 0 Å². The van der Waals surface area contributed by atoms with Crippen LogP contribution in [0.5, 0.6) is 0 Å². The molecule has 0 aromatic rings. The maximum Gasteiger partial charge on any atom is 0.540 e. The number of hydrogen-bond acceptors (Lipinski definition) is 8. The summed E-state index contributed by atoms with van der Waals surface area (Å²) in [4.78, 5) is 41.4. The average Bonchev–Trinajstić information content (AvgIpc) is 2.37. The van der Waals surface area contributed by atoms with Crippen LogP contribution in [0.15, 0.2) is 0 Å². The molecule has 136 valence electrons. The molecule has 0 fully saturated rings. The Morgan fingerprint density at radius 3 is 1.22 bits per heavy atom. The molecule has 0 amide bonds. The van der Waals surface area contributed by atoms with Crippen LogP contribution < -0.4 is 0 Å². The Hall–Kier alpha value is -1.54. The van der Waals surface area contributed by atoms with E-state index in [1.54, 1.807) is 55.4 Å². The van der Waals surface area contributed by atoms with Crippen molar-refractivity contribution in [3.05, 3.63) is 0 Å². The molecule has 23 heavy (non-hydrogen) atoms. The van der Waals surface area contributed by atoms with E-state index in [2.05, 4.69) is 9.78 Å². The molecule has 8 heteroatoms. The minimum atomic E-state index is -0.966. The second-order valence-corrected chi connectivity index (χ2v) is 7.80. The number of carbonyl (C=O) groups is 2. The average molecular weight is 336 g/mol. The fourth-order valence-electron chi connectivity index (χ4n) is 0.916. The van der Waals surface area contributed by atoms with Gasteiger partial charge in [0.25, 0.3) is 0 Å². The Morgan fingerprint density at radius 2 is 0.957 bits per heavy atom. The fourth-order valence-corrected chi connectivity index (χ4v) is 0.916. The van der Waals surface area contributed by atoms with E-state index in [9.17, 15) is 9.59 Å². The largest absolute Gasteiger partial charge is 0.540 e. The Bertz CT molecular complexity index is 353. The predicted octanol–water partition coefficient (Wildman–Crippen LogP) is 3.78. The van der Waals surface area contributed by atoms with E-state index in [0.717, 1.165) is 0 Å². The number of hydrogen-bond donors (Lipinski definition) is 0. The van der Waals surface area contributed by atoms with Crippen LogP contribution in [-0.4, -0.2) is 36.7 Å². The van der Waals surface area contributed by atoms with Crippen LogP contribution >= 0.6 is 0 Å². The third-order valence-corrected chi connectivity index (χ3v) is 1.88. The van der Waals surface area contributed by atoms with Gasteiger partial charge in [-0.25, -0.2) is 9.59 Å². The van der Waals surface area contributed by atoms with Gasteiger partial charge in [0.15, 0.2) is 0 Å². The topological polar surface area (TPSA) is 89.5 Å². The van der Waals surface area contributed by atoms with E-state index in [-0.39, 0.29) is 13.2 Å². The van der Waals surface area contributed by atoms with E-state index in [0.29, 0.717) is 0 Å². The van der Waals surface area contributed by atoms with Crippen molar-refractivity contribution in [1.82, 2.24) is 0 Å². The van der Waals surface area contributed by atoms with E-state index in [4.69, 9.17) is 19.2 Å². The summed E-state index contributed by atoms with van der Waals surface area (Å²) >= 11 is 0. The maximum absolute atomic E-state index is 11.4. The summed E-state index contributed by atoms with van der Waals surface area (Å²) in [5.41, 5.74) is -1.90. The van der Waals surface area contributed by atoms with Crippen LogP contribution in [0.25, 0.3) is 0 Å². The van der Waals surface area contributed by atoms with Crippen molar-refractivity contribution < 1.29 is 38.6 Å². The SMILES string of the molecule is CC(C)(COC(=O)OOC(C)(C)C)COC(=O)OOC(C)(C)C. The van der Waals surface area contributed by atoms with Gasteiger partial charge < -0.3 is 9.47 Å². The van der Waals surface area contributed by atoms with E-state index in [1.165, 1.54) is 0 Å². The van der Waals surface area contributed by atoms with Crippen LogP contribution in [0, 0.1) is 5.41 Å². The lowest BCUT2D eigenvalue weighted by Crippen LogP contribution is -2.30. The summed E-state index contributed by atoms with van der Waals surface area (Å²) in [6.45, 7) is 13.8. The van der Waals surface area contributed by atoms with Gasteiger partial charge in [0.1, 0.15) is 24.4 Å². The van der Waals surface area contributed by atoms with Crippen molar-refractivity contribution in [3.8, 4) is 0 Å². The summed E-state index contributed by atoms with van der Waals surface area (Å²) in [5, 5.41) is 0. The standard InChI is InChI=1S/C15H28O8/c1-13(2,3)22-20-11(16)18-9-15(7,8)10-19-12(17)21-23-14(4,5)6/h9-10H2,1-8H3. The lowest BCUT2D eigenvalue weighted by Gasteiger charge is -2.24. The lowest BCUT2D eigenvalue weighted by molar-refractivity contribution is -0.314. The van der Waals surface area contributed by atoms with Crippen molar-refractivity contribution in [2.24, 2.45) is 5.41 Å². The first kappa shape index (κ1) is 21.5. The molecule has 0 heterocycles. The van der Waals surface area contributed by atoms with Crippen molar-refractivity contribution >= 4 is 12.3 Å². The quantitative estimate of drug-likeness (QED) is 0.411. The third-order valence-electron chi connectivity index (χ3n) is 1.88. The van der Waals surface area contributed by atoms with Crippen molar-refractivity contribution in [1.29, 1.82) is 0 Å². The predicted molar refractivity (Wildman–Crippen MR) is 80.3 cm³/mol. The molecule has 0 radical (unpaired) electrons. The van der Waals surface area contributed by atoms with Gasteiger partial charge in [0, 0.05) is 5.41 Å². The number of ether oxygens (including phenoxy) is 2. The minimum absolute atomic E-state index is 0.0350. The van der Waals surface area contributed by atoms with Crippen LogP contribution in [-0.2, 0) is 29.0 Å². The number of carbonyl (C=O) groups excluding carboxylic acids is 2. The highest BCUT2D eigenvalue weighted by Gasteiger charge is 2.26. The smallest absolute Gasteiger partial charge is 0.432 e. The molecule has 0 aliphatic rings. The molecule has 0 N–H and O–H groups in total. The molecule has 0 aliphatic heterocycles. The first-order chi connectivity index (χ1) is 10.2. The first-order valence-corrected chi connectivity index (χ1v) is 7.25. The summed E-state index contributed by atoms with van der Waals surface area (Å²) in [7, 11) is 0. The van der Waals surface area contributed by atoms with E-state index in [1.807, 2.05) is 0 Å². The molecular formula is C15H28O8. The van der Waals surface area contributed by atoms with Gasteiger partial charge in [-0.15, -0.1) is 0 Å². The minimum Gasteiger partial charge on any atom is -0.432 e. The summed E-state index contributed by atoms with van der Waals surface area (Å²) in [6, 6.07) is 0.